The van der Waals surface area contributed by atoms with Crippen LogP contribution in [-0.4, -0.2) is 71.0 Å². The van der Waals surface area contributed by atoms with Gasteiger partial charge in [-0.25, -0.2) is 17.6 Å². The summed E-state index contributed by atoms with van der Waals surface area (Å²) in [4.78, 5) is 26.1. The first-order valence-corrected chi connectivity index (χ1v) is 12.7. The number of aliphatic carboxylic acids is 1. The number of carboxylic acid groups (broad SMARTS) is 1. The van der Waals surface area contributed by atoms with E-state index in [1.54, 1.807) is 0 Å². The van der Waals surface area contributed by atoms with Crippen LogP contribution in [-0.2, 0) is 27.4 Å². The first-order chi connectivity index (χ1) is 18.0. The van der Waals surface area contributed by atoms with E-state index >= 15 is 0 Å². The minimum Gasteiger partial charge on any atom is -0.480 e. The molecule has 6 nitrogen and oxygen atoms in total. The Bertz CT molecular complexity index is 1140. The van der Waals surface area contributed by atoms with Gasteiger partial charge in [-0.1, -0.05) is 88.4 Å². The number of methoxy groups -OCH3 is 1. The highest BCUT2D eigenvalue weighted by Gasteiger charge is 2.64. The van der Waals surface area contributed by atoms with Gasteiger partial charge in [0.25, 0.3) is 11.8 Å². The average Bonchev–Trinajstić information content (AvgIpc) is 3.14. The van der Waals surface area contributed by atoms with E-state index in [1.807, 2.05) is 60.7 Å². The zero-order valence-electron chi connectivity index (χ0n) is 22.8. The maximum absolute atomic E-state index is 14.2. The van der Waals surface area contributed by atoms with Crippen molar-refractivity contribution in [1.29, 1.82) is 0 Å². The Morgan fingerprint density at radius 1 is 0.769 bits per heavy atom. The molecule has 0 saturated carbocycles. The normalized spacial score (nSPS) is 24.9. The molecule has 10 heteroatoms. The summed E-state index contributed by atoms with van der Waals surface area (Å²) in [7, 11) is 1.23. The molecule has 0 bridgehead atoms. The first kappa shape index (κ1) is 30.6. The van der Waals surface area contributed by atoms with Crippen molar-refractivity contribution in [2.45, 2.75) is 64.7 Å². The van der Waals surface area contributed by atoms with E-state index in [9.17, 15) is 32.3 Å². The van der Waals surface area contributed by atoms with Gasteiger partial charge in [-0.3, -0.25) is 19.4 Å². The van der Waals surface area contributed by atoms with Crippen LogP contribution in [0.2, 0.25) is 0 Å². The van der Waals surface area contributed by atoms with Crippen molar-refractivity contribution >= 4 is 11.9 Å². The number of likely N-dealkylation sites (tertiary alicyclic amines) is 2. The summed E-state index contributed by atoms with van der Waals surface area (Å²) in [5, 5.41) is 9.25. The molecule has 214 valence electrons. The zero-order chi connectivity index (χ0) is 29.2. The van der Waals surface area contributed by atoms with Crippen LogP contribution in [0.1, 0.15) is 38.8 Å². The smallest absolute Gasteiger partial charge is 0.323 e. The van der Waals surface area contributed by atoms with Crippen molar-refractivity contribution in [3.05, 3.63) is 71.8 Å². The number of rotatable bonds is 6. The first-order valence-electron chi connectivity index (χ1n) is 12.7. The molecule has 2 aliphatic rings. The predicted octanol–water partition coefficient (Wildman–Crippen LogP) is 5.32. The van der Waals surface area contributed by atoms with Gasteiger partial charge in [0.1, 0.15) is 12.1 Å². The number of hydrogen-bond donors (Lipinski definition) is 1. The van der Waals surface area contributed by atoms with Crippen LogP contribution in [0.4, 0.5) is 17.6 Å². The van der Waals surface area contributed by atoms with Gasteiger partial charge in [0, 0.05) is 13.1 Å². The molecule has 2 unspecified atom stereocenters. The van der Waals surface area contributed by atoms with Crippen molar-refractivity contribution in [3.63, 3.8) is 0 Å². The molecular weight excluding hydrogens is 516 g/mol. The van der Waals surface area contributed by atoms with Gasteiger partial charge in [-0.05, 0) is 11.1 Å². The Balaban J connectivity index is 0.000000216. The lowest BCUT2D eigenvalue weighted by Crippen LogP contribution is -2.46. The molecule has 0 spiro atoms. The second kappa shape index (κ2) is 11.3. The van der Waals surface area contributed by atoms with E-state index in [-0.39, 0.29) is 6.54 Å². The molecule has 0 amide bonds. The molecule has 4 rings (SSSR count). The number of esters is 1. The third kappa shape index (κ3) is 6.11. The van der Waals surface area contributed by atoms with Gasteiger partial charge in [0.05, 0.1) is 31.0 Å². The lowest BCUT2D eigenvalue weighted by atomic mass is 9.81. The molecule has 2 aliphatic heterocycles. The third-order valence-corrected chi connectivity index (χ3v) is 7.90. The van der Waals surface area contributed by atoms with Crippen LogP contribution in [0.5, 0.6) is 0 Å². The fourth-order valence-electron chi connectivity index (χ4n) is 5.36. The monoisotopic (exact) mass is 552 g/mol. The summed E-state index contributed by atoms with van der Waals surface area (Å²) in [6, 6.07) is 16.2. The number of nitrogens with zero attached hydrogens (tertiary/aromatic N) is 2. The standard InChI is InChI=1S/C15H19F2NO2.C14H17F2NO2/c1-14(2)12(13(19)20-3)18(10-15(14,16)17)9-11-7-5-4-6-8-11;1-13(2)11(12(18)19)17(9-14(13,15)16)8-10-6-4-3-5-7-10/h4-8,12H,9-10H2,1-3H3;3-7,11H,8-9H2,1-2H3,(H,18,19). The predicted molar refractivity (Wildman–Crippen MR) is 138 cm³/mol. The minimum absolute atomic E-state index is 0.219. The lowest BCUT2D eigenvalue weighted by molar-refractivity contribution is -0.153. The van der Waals surface area contributed by atoms with Gasteiger partial charge in [-0.15, -0.1) is 0 Å². The van der Waals surface area contributed by atoms with E-state index in [1.165, 1.54) is 44.6 Å². The Labute approximate surface area is 226 Å². The topological polar surface area (TPSA) is 70.1 Å². The highest BCUT2D eigenvalue weighted by molar-refractivity contribution is 5.77. The van der Waals surface area contributed by atoms with Crippen LogP contribution in [0.3, 0.4) is 0 Å². The number of carbonyl (C=O) groups is 2. The Morgan fingerprint density at radius 2 is 1.13 bits per heavy atom. The second-order valence-electron chi connectivity index (χ2n) is 11.3. The van der Waals surface area contributed by atoms with Crippen LogP contribution >= 0.6 is 0 Å². The summed E-state index contributed by atoms with van der Waals surface area (Å²) in [5.74, 6) is -7.74. The Hall–Kier alpha value is -2.98. The number of ether oxygens (including phenoxy) is 1. The van der Waals surface area contributed by atoms with Gasteiger partial charge in [0.2, 0.25) is 0 Å². The molecule has 2 fully saturated rings. The number of benzene rings is 2. The van der Waals surface area contributed by atoms with E-state index < -0.39 is 59.8 Å². The molecule has 2 saturated heterocycles. The average molecular weight is 553 g/mol. The molecule has 2 heterocycles. The largest absolute Gasteiger partial charge is 0.480 e. The van der Waals surface area contributed by atoms with E-state index in [2.05, 4.69) is 0 Å². The number of halogens is 4. The summed E-state index contributed by atoms with van der Waals surface area (Å²) >= 11 is 0. The molecule has 0 radical (unpaired) electrons. The maximum atomic E-state index is 14.2. The highest BCUT2D eigenvalue weighted by Crippen LogP contribution is 2.49. The van der Waals surface area contributed by atoms with Crippen molar-refractivity contribution in [3.8, 4) is 0 Å². The van der Waals surface area contributed by atoms with Crippen molar-refractivity contribution in [2.24, 2.45) is 10.8 Å². The van der Waals surface area contributed by atoms with Gasteiger partial charge < -0.3 is 9.84 Å². The summed E-state index contributed by atoms with van der Waals surface area (Å²) in [6.45, 7) is 5.03. The van der Waals surface area contributed by atoms with Gasteiger partial charge in [-0.2, -0.15) is 0 Å². The van der Waals surface area contributed by atoms with Gasteiger partial charge in [0.15, 0.2) is 0 Å². The molecule has 1 N–H and O–H groups in total. The molecule has 2 aromatic rings. The fourth-order valence-corrected chi connectivity index (χ4v) is 5.36. The van der Waals surface area contributed by atoms with Crippen molar-refractivity contribution in [2.75, 3.05) is 20.2 Å². The highest BCUT2D eigenvalue weighted by atomic mass is 19.3. The van der Waals surface area contributed by atoms with Gasteiger partial charge >= 0.3 is 11.9 Å². The van der Waals surface area contributed by atoms with E-state index in [0.717, 1.165) is 11.1 Å². The molecule has 0 aromatic heterocycles. The number of carboxylic acids is 1. The Morgan fingerprint density at radius 3 is 1.49 bits per heavy atom. The van der Waals surface area contributed by atoms with Crippen LogP contribution in [0, 0.1) is 10.8 Å². The number of alkyl halides is 4. The maximum Gasteiger partial charge on any atom is 0.323 e. The third-order valence-electron chi connectivity index (χ3n) is 7.90. The summed E-state index contributed by atoms with van der Waals surface area (Å²) in [5.41, 5.74) is -1.29. The van der Waals surface area contributed by atoms with Crippen LogP contribution < -0.4 is 0 Å². The van der Waals surface area contributed by atoms with Crippen LogP contribution in [0.15, 0.2) is 60.7 Å². The summed E-state index contributed by atoms with van der Waals surface area (Å²) < 4.78 is 61.0. The molecule has 2 aromatic carbocycles. The molecule has 39 heavy (non-hydrogen) atoms. The molecule has 0 aliphatic carbocycles. The van der Waals surface area contributed by atoms with E-state index in [4.69, 9.17) is 4.74 Å². The zero-order valence-corrected chi connectivity index (χ0v) is 22.8. The Kier molecular flexibility index (Phi) is 8.82. The number of carbonyl (C=O) groups excluding carboxylic acids is 1. The molecular formula is C29H36F4N2O4. The van der Waals surface area contributed by atoms with Crippen molar-refractivity contribution in [1.82, 2.24) is 9.80 Å². The fraction of sp³-hybridized carbons (Fsp3) is 0.517. The van der Waals surface area contributed by atoms with Crippen LogP contribution in [0.25, 0.3) is 0 Å². The lowest BCUT2D eigenvalue weighted by Gasteiger charge is -2.31. The second-order valence-corrected chi connectivity index (χ2v) is 11.3. The number of hydrogen-bond acceptors (Lipinski definition) is 5. The quantitative estimate of drug-likeness (QED) is 0.386. The minimum atomic E-state index is -3.01. The van der Waals surface area contributed by atoms with E-state index in [0.29, 0.717) is 6.54 Å². The molecule has 2 atom stereocenters. The SMILES string of the molecule is CC1(C)C(C(=O)O)N(Cc2ccccc2)CC1(F)F.COC(=O)C1N(Cc2ccccc2)CC(F)(F)C1(C)C. The van der Waals surface area contributed by atoms with Crippen molar-refractivity contribution < 1.29 is 37.0 Å². The summed E-state index contributed by atoms with van der Waals surface area (Å²) in [6.07, 6.45) is 0.